The van der Waals surface area contributed by atoms with E-state index in [1.807, 2.05) is 0 Å². The highest BCUT2D eigenvalue weighted by molar-refractivity contribution is 4.65. The summed E-state index contributed by atoms with van der Waals surface area (Å²) in [4.78, 5) is 35.9. The van der Waals surface area contributed by atoms with E-state index in [1.165, 1.54) is 0 Å². The molecule has 1 aromatic rings. The van der Waals surface area contributed by atoms with Crippen molar-refractivity contribution in [2.45, 2.75) is 6.10 Å². The van der Waals surface area contributed by atoms with Crippen molar-refractivity contribution in [2.24, 2.45) is 0 Å². The van der Waals surface area contributed by atoms with Crippen LogP contribution in [0.5, 0.6) is 0 Å². The molecule has 8 nitrogen and oxygen atoms in total. The maximum atomic E-state index is 10.2. The summed E-state index contributed by atoms with van der Waals surface area (Å²) in [5, 5.41) is 8.08. The van der Waals surface area contributed by atoms with E-state index in [1.54, 1.807) is 15.0 Å². The van der Waals surface area contributed by atoms with Crippen molar-refractivity contribution in [2.75, 3.05) is 13.2 Å². The third kappa shape index (κ3) is 3.83. The van der Waals surface area contributed by atoms with Crippen LogP contribution in [0.25, 0.3) is 0 Å². The molecule has 8 heteroatoms. The average molecular weight is 203 g/mol. The lowest BCUT2D eigenvalue weighted by Gasteiger charge is -1.77. The highest BCUT2D eigenvalue weighted by Crippen LogP contribution is 2.04. The number of rotatable bonds is 1. The number of aromatic nitrogens is 3. The Bertz CT molecular complexity index is 361. The Kier molecular flexibility index (Phi) is 3.37. The Morgan fingerprint density at radius 2 is 1.50 bits per heavy atom. The molecule has 1 aliphatic rings. The van der Waals surface area contributed by atoms with Crippen LogP contribution in [-0.2, 0) is 4.74 Å². The second-order valence-electron chi connectivity index (χ2n) is 2.50. The van der Waals surface area contributed by atoms with E-state index in [0.717, 1.165) is 6.61 Å². The van der Waals surface area contributed by atoms with E-state index in [2.05, 4.69) is 4.74 Å². The molecule has 1 fully saturated rings. The lowest BCUT2D eigenvalue weighted by molar-refractivity contribution is 0.244. The van der Waals surface area contributed by atoms with Crippen LogP contribution in [0.15, 0.2) is 14.4 Å². The van der Waals surface area contributed by atoms with E-state index < -0.39 is 17.1 Å². The fraction of sp³-hybridized carbons (Fsp3) is 0.500. The van der Waals surface area contributed by atoms with E-state index >= 15 is 0 Å². The Labute approximate surface area is 76.6 Å². The van der Waals surface area contributed by atoms with Gasteiger partial charge < -0.3 is 9.84 Å². The summed E-state index contributed by atoms with van der Waals surface area (Å²) in [5.74, 6) is 0. The van der Waals surface area contributed by atoms with Crippen molar-refractivity contribution < 1.29 is 9.84 Å². The molecule has 0 aliphatic carbocycles. The van der Waals surface area contributed by atoms with Crippen molar-refractivity contribution in [3.8, 4) is 0 Å². The quantitative estimate of drug-likeness (QED) is 0.364. The Balaban J connectivity index is 0.000000165. The molecule has 1 aromatic heterocycles. The number of aliphatic hydroxyl groups is 1. The maximum absolute atomic E-state index is 10.2. The minimum Gasteiger partial charge on any atom is -0.394 e. The van der Waals surface area contributed by atoms with Crippen LogP contribution in [-0.4, -0.2) is 39.4 Å². The first-order valence-corrected chi connectivity index (χ1v) is 3.77. The highest BCUT2D eigenvalue weighted by Gasteiger charge is 2.19. The van der Waals surface area contributed by atoms with Crippen molar-refractivity contribution in [1.29, 1.82) is 0 Å². The predicted molar refractivity (Wildman–Crippen MR) is 45.1 cm³/mol. The summed E-state index contributed by atoms with van der Waals surface area (Å²) in [6.07, 6.45) is 0.190. The number of epoxide rings is 1. The molecule has 14 heavy (non-hydrogen) atoms. The van der Waals surface area contributed by atoms with Gasteiger partial charge in [-0.2, -0.15) is 0 Å². The molecule has 1 atom stereocenters. The van der Waals surface area contributed by atoms with Gasteiger partial charge in [-0.15, -0.1) is 0 Å². The normalized spacial score (nSPS) is 18.2. The minimum atomic E-state index is -0.802. The molecule has 1 saturated heterocycles. The molecule has 4 N–H and O–H groups in total. The topological polar surface area (TPSA) is 131 Å². The third-order valence-corrected chi connectivity index (χ3v) is 1.29. The highest BCUT2D eigenvalue weighted by atomic mass is 16.6. The van der Waals surface area contributed by atoms with Gasteiger partial charge in [-0.3, -0.25) is 15.0 Å². The number of aliphatic hydroxyl groups excluding tert-OH is 1. The average Bonchev–Trinajstić information content (AvgIpc) is 2.84. The monoisotopic (exact) mass is 203 g/mol. The van der Waals surface area contributed by atoms with E-state index in [-0.39, 0.29) is 12.7 Å². The first-order valence-electron chi connectivity index (χ1n) is 3.77. The first-order chi connectivity index (χ1) is 6.61. The van der Waals surface area contributed by atoms with Crippen LogP contribution in [0.2, 0.25) is 0 Å². The van der Waals surface area contributed by atoms with Crippen molar-refractivity contribution >= 4 is 0 Å². The smallest absolute Gasteiger partial charge is 0.330 e. The van der Waals surface area contributed by atoms with Crippen LogP contribution >= 0.6 is 0 Å². The maximum Gasteiger partial charge on any atom is 0.330 e. The minimum absolute atomic E-state index is 0.190. The van der Waals surface area contributed by atoms with Gasteiger partial charge in [0.2, 0.25) is 0 Å². The zero-order chi connectivity index (χ0) is 10.6. The van der Waals surface area contributed by atoms with Gasteiger partial charge in [-0.05, 0) is 0 Å². The Morgan fingerprint density at radius 1 is 1.14 bits per heavy atom. The summed E-state index contributed by atoms with van der Waals surface area (Å²) >= 11 is 0. The second kappa shape index (κ2) is 4.53. The Morgan fingerprint density at radius 3 is 1.64 bits per heavy atom. The zero-order valence-corrected chi connectivity index (χ0v) is 7.07. The van der Waals surface area contributed by atoms with Crippen molar-refractivity contribution in [3.63, 3.8) is 0 Å². The summed E-state index contributed by atoms with van der Waals surface area (Å²) in [6.45, 7) is 0.955. The van der Waals surface area contributed by atoms with E-state index in [4.69, 9.17) is 5.11 Å². The fourth-order valence-electron chi connectivity index (χ4n) is 0.577. The molecular formula is C6H9N3O5. The van der Waals surface area contributed by atoms with Crippen molar-refractivity contribution in [3.05, 3.63) is 31.5 Å². The lowest BCUT2D eigenvalue weighted by atomic mass is 10.5. The van der Waals surface area contributed by atoms with Gasteiger partial charge in [0.1, 0.15) is 6.10 Å². The molecule has 0 aromatic carbocycles. The molecule has 1 aliphatic heterocycles. The van der Waals surface area contributed by atoms with Gasteiger partial charge >= 0.3 is 17.1 Å². The van der Waals surface area contributed by atoms with Crippen LogP contribution in [0.4, 0.5) is 0 Å². The molecule has 0 amide bonds. The molecule has 1 unspecified atom stereocenters. The molecule has 0 bridgehead atoms. The second-order valence-corrected chi connectivity index (χ2v) is 2.50. The molecule has 0 spiro atoms. The first kappa shape index (κ1) is 10.4. The number of H-pyrrole nitrogens is 3. The molecule has 0 saturated carbocycles. The largest absolute Gasteiger partial charge is 0.394 e. The number of aromatic amines is 3. The van der Waals surface area contributed by atoms with E-state index in [0.29, 0.717) is 0 Å². The van der Waals surface area contributed by atoms with Gasteiger partial charge in [0.25, 0.3) is 0 Å². The number of hydrogen-bond donors (Lipinski definition) is 4. The standard InChI is InChI=1S/C3H3N3O3.C3H6O2/c7-1-4-2(8)6-3(9)5-1;4-1-3-2-5-3/h(H3,4,5,6,7,8,9);3-4H,1-2H2. The number of hydrogen-bond acceptors (Lipinski definition) is 5. The van der Waals surface area contributed by atoms with Crippen LogP contribution < -0.4 is 17.1 Å². The summed E-state index contributed by atoms with van der Waals surface area (Å²) in [7, 11) is 0. The molecule has 2 rings (SSSR count). The SMILES string of the molecule is O=c1[nH]c(=O)[nH]c(=O)[nH]1.OCC1CO1. The lowest BCUT2D eigenvalue weighted by Crippen LogP contribution is -2.34. The van der Waals surface area contributed by atoms with Crippen LogP contribution in [0.3, 0.4) is 0 Å². The fourth-order valence-corrected chi connectivity index (χ4v) is 0.577. The Hall–Kier alpha value is -1.67. The van der Waals surface area contributed by atoms with E-state index in [9.17, 15) is 14.4 Å². The van der Waals surface area contributed by atoms with Crippen LogP contribution in [0, 0.1) is 0 Å². The summed E-state index contributed by atoms with van der Waals surface area (Å²) in [5.41, 5.74) is -2.41. The van der Waals surface area contributed by atoms with Gasteiger partial charge in [0.05, 0.1) is 13.2 Å². The molecule has 78 valence electrons. The molecule has 2 heterocycles. The van der Waals surface area contributed by atoms with Crippen molar-refractivity contribution in [1.82, 2.24) is 15.0 Å². The van der Waals surface area contributed by atoms with Gasteiger partial charge in [0.15, 0.2) is 0 Å². The zero-order valence-electron chi connectivity index (χ0n) is 7.07. The summed E-state index contributed by atoms with van der Waals surface area (Å²) in [6, 6.07) is 0. The van der Waals surface area contributed by atoms with Gasteiger partial charge in [-0.1, -0.05) is 0 Å². The summed E-state index contributed by atoms with van der Waals surface area (Å²) < 4.78 is 4.61. The molecular weight excluding hydrogens is 194 g/mol. The third-order valence-electron chi connectivity index (χ3n) is 1.29. The number of nitrogens with one attached hydrogen (secondary N) is 3. The number of ether oxygens (including phenoxy) is 1. The van der Waals surface area contributed by atoms with Gasteiger partial charge in [-0.25, -0.2) is 14.4 Å². The van der Waals surface area contributed by atoms with Crippen LogP contribution in [0.1, 0.15) is 0 Å². The van der Waals surface area contributed by atoms with Gasteiger partial charge in [0, 0.05) is 0 Å². The predicted octanol–water partition coefficient (Wildman–Crippen LogP) is -2.87. The molecule has 0 radical (unpaired) electrons.